The molecule has 1 aliphatic carbocycles. The molecule has 0 saturated heterocycles. The van der Waals surface area contributed by atoms with Crippen molar-refractivity contribution in [2.75, 3.05) is 28.4 Å². The lowest BCUT2D eigenvalue weighted by Gasteiger charge is -2.35. The van der Waals surface area contributed by atoms with Crippen molar-refractivity contribution in [2.24, 2.45) is 5.92 Å². The van der Waals surface area contributed by atoms with Crippen molar-refractivity contribution < 1.29 is 42.5 Å². The van der Waals surface area contributed by atoms with Gasteiger partial charge in [0, 0.05) is 60.1 Å². The molecule has 52 heavy (non-hydrogen) atoms. The first-order valence-electron chi connectivity index (χ1n) is 16.6. The standard InChI is InChI=1S/C39H36ClN3O9/c1-19-14-28-31(36(45)39(19)37(46)32-27(49-4)17-29(50-5)33(40)35(32)52-39)24(34(51-28)20-10-12-22(48-3)13-11-20)16-30(44)43-26(38(47)41-2)15-21-18-42-25-9-7-6-8-23(21)25/h6-13,17-19,26,42H,14-16H2,1-5H3,(H,41,47)(H,43,44)/t19-,26-,39+/m1/s1. The molecule has 2 amide bonds. The molecule has 1 spiro atoms. The van der Waals surface area contributed by atoms with Crippen LogP contribution in [0.2, 0.25) is 5.02 Å². The highest BCUT2D eigenvalue weighted by atomic mass is 35.5. The third-order valence-corrected chi connectivity index (χ3v) is 10.3. The number of ether oxygens (including phenoxy) is 4. The monoisotopic (exact) mass is 725 g/mol. The maximum atomic E-state index is 14.9. The van der Waals surface area contributed by atoms with Crippen LogP contribution in [0.1, 0.15) is 44.5 Å². The van der Waals surface area contributed by atoms with E-state index in [2.05, 4.69) is 15.6 Å². The SMILES string of the molecule is CNC(=O)[C@@H](Cc1c[nH]c2ccccc12)NC(=O)Cc1c(-c2ccc(OC)cc2)oc2c1C(=O)[C@@]1(Oc3c(Cl)c(OC)cc(OC)c3C1=O)[C@H](C)C2. The summed E-state index contributed by atoms with van der Waals surface area (Å²) in [5.74, 6) is -1.42. The average Bonchev–Trinajstić information content (AvgIpc) is 3.83. The van der Waals surface area contributed by atoms with Gasteiger partial charge >= 0.3 is 0 Å². The lowest BCUT2D eigenvalue weighted by molar-refractivity contribution is -0.128. The number of aromatic amines is 1. The van der Waals surface area contributed by atoms with Crippen molar-refractivity contribution in [3.8, 4) is 34.3 Å². The Kier molecular flexibility index (Phi) is 8.95. The first kappa shape index (κ1) is 34.7. The van der Waals surface area contributed by atoms with Crippen LogP contribution < -0.4 is 29.6 Å². The van der Waals surface area contributed by atoms with Crippen LogP contribution >= 0.6 is 11.6 Å². The number of hydrogen-bond acceptors (Lipinski definition) is 9. The summed E-state index contributed by atoms with van der Waals surface area (Å²) in [6, 6.07) is 15.2. The average molecular weight is 726 g/mol. The zero-order valence-corrected chi connectivity index (χ0v) is 29.9. The molecular weight excluding hydrogens is 690 g/mol. The number of H-pyrrole nitrogens is 1. The highest BCUT2D eigenvalue weighted by molar-refractivity contribution is 6.36. The van der Waals surface area contributed by atoms with E-state index in [1.165, 1.54) is 27.3 Å². The number of Topliss-reactive ketones (excluding diaryl/α,β-unsaturated/α-hetero) is 2. The molecule has 7 rings (SSSR count). The fourth-order valence-electron chi connectivity index (χ4n) is 7.29. The molecule has 12 nitrogen and oxygen atoms in total. The zero-order valence-electron chi connectivity index (χ0n) is 29.1. The number of amides is 2. The van der Waals surface area contributed by atoms with Crippen LogP contribution in [0.3, 0.4) is 0 Å². The normalized spacial score (nSPS) is 18.1. The van der Waals surface area contributed by atoms with E-state index in [1.807, 2.05) is 30.5 Å². The first-order chi connectivity index (χ1) is 25.1. The minimum Gasteiger partial charge on any atom is -0.497 e. The van der Waals surface area contributed by atoms with E-state index in [1.54, 1.807) is 38.3 Å². The third kappa shape index (κ3) is 5.45. The van der Waals surface area contributed by atoms with E-state index < -0.39 is 40.9 Å². The number of benzene rings is 3. The number of methoxy groups -OCH3 is 3. The van der Waals surface area contributed by atoms with Gasteiger partial charge in [0.05, 0.1) is 33.3 Å². The van der Waals surface area contributed by atoms with Gasteiger partial charge in [0.15, 0.2) is 5.75 Å². The number of para-hydroxylation sites is 1. The summed E-state index contributed by atoms with van der Waals surface area (Å²) < 4.78 is 29.0. The number of hydrogen-bond donors (Lipinski definition) is 3. The van der Waals surface area contributed by atoms with E-state index in [9.17, 15) is 19.2 Å². The fraction of sp³-hybridized carbons (Fsp3) is 0.282. The molecule has 268 valence electrons. The van der Waals surface area contributed by atoms with Crippen LogP contribution in [0.25, 0.3) is 22.2 Å². The summed E-state index contributed by atoms with van der Waals surface area (Å²) in [4.78, 5) is 59.7. The van der Waals surface area contributed by atoms with Crippen LogP contribution in [0, 0.1) is 5.92 Å². The van der Waals surface area contributed by atoms with E-state index in [-0.39, 0.29) is 64.0 Å². The van der Waals surface area contributed by atoms with Gasteiger partial charge in [-0.2, -0.15) is 0 Å². The second-order valence-corrected chi connectivity index (χ2v) is 13.2. The van der Waals surface area contributed by atoms with Gasteiger partial charge in [-0.15, -0.1) is 0 Å². The van der Waals surface area contributed by atoms with Crippen LogP contribution in [0.5, 0.6) is 23.0 Å². The summed E-state index contributed by atoms with van der Waals surface area (Å²) in [6.07, 6.45) is 1.80. The van der Waals surface area contributed by atoms with Crippen molar-refractivity contribution in [3.63, 3.8) is 0 Å². The van der Waals surface area contributed by atoms with Gasteiger partial charge in [0.1, 0.15) is 45.4 Å². The largest absolute Gasteiger partial charge is 0.497 e. The maximum absolute atomic E-state index is 14.9. The summed E-state index contributed by atoms with van der Waals surface area (Å²) in [5, 5.41) is 6.46. The van der Waals surface area contributed by atoms with Crippen LogP contribution in [-0.4, -0.2) is 68.4 Å². The van der Waals surface area contributed by atoms with E-state index >= 15 is 0 Å². The van der Waals surface area contributed by atoms with Crippen molar-refractivity contribution >= 4 is 45.9 Å². The number of carbonyl (C=O) groups is 4. The van der Waals surface area contributed by atoms with Gasteiger partial charge in [-0.05, 0) is 35.9 Å². The van der Waals surface area contributed by atoms with Crippen LogP contribution in [0.4, 0.5) is 0 Å². The molecule has 0 radical (unpaired) electrons. The van der Waals surface area contributed by atoms with E-state index in [0.29, 0.717) is 17.1 Å². The number of furan rings is 1. The second-order valence-electron chi connectivity index (χ2n) is 12.8. The molecule has 1 aliphatic heterocycles. The van der Waals surface area contributed by atoms with Crippen molar-refractivity contribution in [3.05, 3.63) is 93.8 Å². The molecular formula is C39H36ClN3O9. The first-order valence-corrected chi connectivity index (χ1v) is 17.0. The molecule has 5 aromatic rings. The molecule has 3 heterocycles. The van der Waals surface area contributed by atoms with Gasteiger partial charge in [0.25, 0.3) is 0 Å². The Bertz CT molecular complexity index is 2260. The molecule has 3 aromatic carbocycles. The zero-order chi connectivity index (χ0) is 36.9. The summed E-state index contributed by atoms with van der Waals surface area (Å²) in [6.45, 7) is 1.73. The topological polar surface area (TPSA) is 158 Å². The Balaban J connectivity index is 1.29. The Labute approximate surface area is 303 Å². The predicted molar refractivity (Wildman–Crippen MR) is 192 cm³/mol. The molecule has 0 saturated carbocycles. The molecule has 0 fully saturated rings. The van der Waals surface area contributed by atoms with Crippen molar-refractivity contribution in [1.29, 1.82) is 0 Å². The summed E-state index contributed by atoms with van der Waals surface area (Å²) >= 11 is 6.64. The van der Waals surface area contributed by atoms with Gasteiger partial charge in [-0.25, -0.2) is 0 Å². The molecule has 2 aromatic heterocycles. The lowest BCUT2D eigenvalue weighted by Crippen LogP contribution is -2.56. The second kappa shape index (κ2) is 13.4. The molecule has 0 bridgehead atoms. The van der Waals surface area contributed by atoms with Gasteiger partial charge in [-0.1, -0.05) is 36.7 Å². The predicted octanol–water partition coefficient (Wildman–Crippen LogP) is 5.51. The number of likely N-dealkylation sites (N-methyl/N-ethyl adjacent to an activating group) is 1. The Morgan fingerprint density at radius 2 is 1.71 bits per heavy atom. The quantitative estimate of drug-likeness (QED) is 0.158. The van der Waals surface area contributed by atoms with E-state index in [0.717, 1.165) is 16.5 Å². The lowest BCUT2D eigenvalue weighted by atomic mass is 9.70. The number of ketones is 2. The van der Waals surface area contributed by atoms with Crippen molar-refractivity contribution in [1.82, 2.24) is 15.6 Å². The minimum absolute atomic E-state index is 0.0182. The van der Waals surface area contributed by atoms with Gasteiger partial charge in [-0.3, -0.25) is 19.2 Å². The number of fused-ring (bicyclic) bond motifs is 3. The Hall–Kier alpha value is -5.75. The number of carbonyl (C=O) groups excluding carboxylic acids is 4. The molecule has 0 unspecified atom stereocenters. The maximum Gasteiger partial charge on any atom is 0.242 e. The molecule has 2 aliphatic rings. The molecule has 3 N–H and O–H groups in total. The van der Waals surface area contributed by atoms with Crippen LogP contribution in [-0.2, 0) is 28.9 Å². The smallest absolute Gasteiger partial charge is 0.242 e. The van der Waals surface area contributed by atoms with Gasteiger partial charge in [0.2, 0.25) is 29.0 Å². The number of nitrogens with one attached hydrogen (secondary N) is 3. The summed E-state index contributed by atoms with van der Waals surface area (Å²) in [5.41, 5.74) is 0.641. The molecule has 13 heteroatoms. The summed E-state index contributed by atoms with van der Waals surface area (Å²) in [7, 11) is 5.85. The number of rotatable bonds is 10. The van der Waals surface area contributed by atoms with Crippen molar-refractivity contribution in [2.45, 2.75) is 37.8 Å². The Morgan fingerprint density at radius 3 is 2.40 bits per heavy atom. The minimum atomic E-state index is -2.02. The highest BCUT2D eigenvalue weighted by Gasteiger charge is 2.63. The fourth-order valence-corrected chi connectivity index (χ4v) is 7.55. The van der Waals surface area contributed by atoms with E-state index in [4.69, 9.17) is 35.0 Å². The number of aromatic nitrogens is 1. The number of halogens is 1. The Morgan fingerprint density at radius 1 is 1.00 bits per heavy atom. The molecule has 3 atom stereocenters. The highest BCUT2D eigenvalue weighted by Crippen LogP contribution is 2.54. The van der Waals surface area contributed by atoms with Crippen LogP contribution in [0.15, 0.2) is 65.2 Å². The van der Waals surface area contributed by atoms with Gasteiger partial charge < -0.3 is 39.0 Å². The third-order valence-electron chi connectivity index (χ3n) is 9.94.